The van der Waals surface area contributed by atoms with Gasteiger partial charge in [-0.25, -0.2) is 8.42 Å². The van der Waals surface area contributed by atoms with Crippen LogP contribution in [0.3, 0.4) is 0 Å². The van der Waals surface area contributed by atoms with Crippen molar-refractivity contribution in [1.82, 2.24) is 10.2 Å². The summed E-state index contributed by atoms with van der Waals surface area (Å²) in [4.78, 5) is 27.7. The highest BCUT2D eigenvalue weighted by Gasteiger charge is 2.31. The Morgan fingerprint density at radius 3 is 2.12 bits per heavy atom. The van der Waals surface area contributed by atoms with Gasteiger partial charge in [0, 0.05) is 28.7 Å². The van der Waals surface area contributed by atoms with Gasteiger partial charge in [0.2, 0.25) is 21.8 Å². The number of rotatable bonds is 10. The lowest BCUT2D eigenvalue weighted by Gasteiger charge is -2.32. The molecular weight excluding hydrogens is 497 g/mol. The average Bonchev–Trinajstić information content (AvgIpc) is 2.75. The third kappa shape index (κ3) is 7.35. The van der Waals surface area contributed by atoms with Crippen LogP contribution in [0.2, 0.25) is 10.0 Å². The van der Waals surface area contributed by atoms with Gasteiger partial charge in [-0.3, -0.25) is 13.9 Å². The largest absolute Gasteiger partial charge is 0.354 e. The van der Waals surface area contributed by atoms with Gasteiger partial charge in [0.15, 0.2) is 0 Å². The fraction of sp³-hybridized carbons (Fsp3) is 0.417. The van der Waals surface area contributed by atoms with Crippen molar-refractivity contribution in [2.24, 2.45) is 5.92 Å². The molecule has 0 bridgehead atoms. The van der Waals surface area contributed by atoms with E-state index in [1.54, 1.807) is 56.3 Å². The van der Waals surface area contributed by atoms with Crippen molar-refractivity contribution >= 4 is 50.7 Å². The number of benzene rings is 2. The van der Waals surface area contributed by atoms with Crippen LogP contribution in [0.25, 0.3) is 0 Å². The normalized spacial score (nSPS) is 12.4. The van der Waals surface area contributed by atoms with Crippen molar-refractivity contribution in [3.8, 4) is 0 Å². The number of aryl methyl sites for hydroxylation is 1. The molecule has 2 amide bonds. The van der Waals surface area contributed by atoms with Gasteiger partial charge in [-0.1, -0.05) is 61.3 Å². The average molecular weight is 529 g/mol. The van der Waals surface area contributed by atoms with E-state index in [1.807, 2.05) is 13.8 Å². The Balaban J connectivity index is 2.44. The first kappa shape index (κ1) is 28.0. The van der Waals surface area contributed by atoms with Crippen LogP contribution in [0.4, 0.5) is 5.69 Å². The monoisotopic (exact) mass is 527 g/mol. The quantitative estimate of drug-likeness (QED) is 0.500. The first-order chi connectivity index (χ1) is 15.8. The molecule has 1 atom stereocenters. The highest BCUT2D eigenvalue weighted by Crippen LogP contribution is 2.27. The van der Waals surface area contributed by atoms with Crippen molar-refractivity contribution in [2.75, 3.05) is 23.7 Å². The first-order valence-electron chi connectivity index (χ1n) is 10.9. The highest BCUT2D eigenvalue weighted by molar-refractivity contribution is 7.92. The van der Waals surface area contributed by atoms with Crippen LogP contribution in [0.15, 0.2) is 42.5 Å². The second-order valence-corrected chi connectivity index (χ2v) is 11.3. The molecule has 2 rings (SSSR count). The molecule has 0 spiro atoms. The van der Waals surface area contributed by atoms with Crippen molar-refractivity contribution in [3.63, 3.8) is 0 Å². The molecule has 0 aliphatic heterocycles. The smallest absolute Gasteiger partial charge is 0.244 e. The van der Waals surface area contributed by atoms with E-state index in [0.717, 1.165) is 10.6 Å². The standard InChI is InChI=1S/C24H31Cl2N3O4S/c1-16(2)13-27-24(31)18(4)28(14-19-20(25)10-8-11-21(19)26)23(30)15-29(34(5,32)33)22-12-7-6-9-17(22)3/h6-12,16,18H,13-15H2,1-5H3,(H,27,31). The minimum Gasteiger partial charge on any atom is -0.354 e. The Morgan fingerprint density at radius 1 is 1.00 bits per heavy atom. The number of carbonyl (C=O) groups excluding carboxylic acids is 2. The van der Waals surface area contributed by atoms with Crippen LogP contribution >= 0.6 is 23.2 Å². The summed E-state index contributed by atoms with van der Waals surface area (Å²) in [6.45, 7) is 7.19. The summed E-state index contributed by atoms with van der Waals surface area (Å²) < 4.78 is 26.3. The summed E-state index contributed by atoms with van der Waals surface area (Å²) >= 11 is 12.7. The molecule has 2 aromatic carbocycles. The topological polar surface area (TPSA) is 86.8 Å². The molecule has 34 heavy (non-hydrogen) atoms. The number of hydrogen-bond acceptors (Lipinski definition) is 4. The predicted molar refractivity (Wildman–Crippen MR) is 138 cm³/mol. The maximum Gasteiger partial charge on any atom is 0.244 e. The number of amides is 2. The first-order valence-corrected chi connectivity index (χ1v) is 13.5. The molecule has 1 N–H and O–H groups in total. The summed E-state index contributed by atoms with van der Waals surface area (Å²) in [7, 11) is -3.79. The predicted octanol–water partition coefficient (Wildman–Crippen LogP) is 4.26. The molecule has 186 valence electrons. The van der Waals surface area contributed by atoms with E-state index in [9.17, 15) is 18.0 Å². The number of anilines is 1. The molecule has 0 heterocycles. The van der Waals surface area contributed by atoms with E-state index in [0.29, 0.717) is 33.4 Å². The Bertz CT molecular complexity index is 1120. The van der Waals surface area contributed by atoms with Crippen molar-refractivity contribution in [3.05, 3.63) is 63.6 Å². The number of nitrogens with one attached hydrogen (secondary N) is 1. The number of halogens is 2. The summed E-state index contributed by atoms with van der Waals surface area (Å²) in [6.07, 6.45) is 1.04. The van der Waals surface area contributed by atoms with Crippen molar-refractivity contribution in [2.45, 2.75) is 40.3 Å². The van der Waals surface area contributed by atoms with Crippen LogP contribution in [0.5, 0.6) is 0 Å². The number of para-hydroxylation sites is 1. The molecule has 1 unspecified atom stereocenters. The lowest BCUT2D eigenvalue weighted by Crippen LogP contribution is -2.51. The van der Waals surface area contributed by atoms with E-state index in [-0.39, 0.29) is 18.4 Å². The summed E-state index contributed by atoms with van der Waals surface area (Å²) in [5.41, 5.74) is 1.57. The van der Waals surface area contributed by atoms with Crippen molar-refractivity contribution in [1.29, 1.82) is 0 Å². The fourth-order valence-corrected chi connectivity index (χ4v) is 4.75. The molecular formula is C24H31Cl2N3O4S. The molecule has 10 heteroatoms. The van der Waals surface area contributed by atoms with Crippen LogP contribution in [-0.2, 0) is 26.2 Å². The summed E-state index contributed by atoms with van der Waals surface area (Å²) in [5, 5.41) is 3.52. The van der Waals surface area contributed by atoms with Crippen LogP contribution < -0.4 is 9.62 Å². The number of hydrogen-bond donors (Lipinski definition) is 1. The van der Waals surface area contributed by atoms with Crippen LogP contribution in [-0.4, -0.2) is 50.5 Å². The van der Waals surface area contributed by atoms with E-state index in [1.165, 1.54) is 4.90 Å². The SMILES string of the molecule is Cc1ccccc1N(CC(=O)N(Cc1c(Cl)cccc1Cl)C(C)C(=O)NCC(C)C)S(C)(=O)=O. The molecule has 7 nitrogen and oxygen atoms in total. The highest BCUT2D eigenvalue weighted by atomic mass is 35.5. The Labute approximate surface area is 212 Å². The Kier molecular flexibility index (Phi) is 9.79. The number of carbonyl (C=O) groups is 2. The van der Waals surface area contributed by atoms with Gasteiger partial charge < -0.3 is 10.2 Å². The van der Waals surface area contributed by atoms with Gasteiger partial charge in [-0.2, -0.15) is 0 Å². The molecule has 0 fully saturated rings. The molecule has 0 saturated heterocycles. The van der Waals surface area contributed by atoms with Gasteiger partial charge in [-0.05, 0) is 43.5 Å². The number of sulfonamides is 1. The van der Waals surface area contributed by atoms with Gasteiger partial charge in [0.05, 0.1) is 11.9 Å². The fourth-order valence-electron chi connectivity index (χ4n) is 3.33. The lowest BCUT2D eigenvalue weighted by molar-refractivity contribution is -0.139. The third-order valence-electron chi connectivity index (χ3n) is 5.31. The van der Waals surface area contributed by atoms with Gasteiger partial charge >= 0.3 is 0 Å². The van der Waals surface area contributed by atoms with Crippen LogP contribution in [0, 0.1) is 12.8 Å². The second-order valence-electron chi connectivity index (χ2n) is 8.59. The van der Waals surface area contributed by atoms with E-state index < -0.39 is 28.5 Å². The van der Waals surface area contributed by atoms with Crippen molar-refractivity contribution < 1.29 is 18.0 Å². The van der Waals surface area contributed by atoms with Gasteiger partial charge in [0.25, 0.3) is 0 Å². The number of nitrogens with zero attached hydrogens (tertiary/aromatic N) is 2. The Hall–Kier alpha value is -2.29. The van der Waals surface area contributed by atoms with E-state index in [4.69, 9.17) is 23.2 Å². The van der Waals surface area contributed by atoms with Gasteiger partial charge in [0.1, 0.15) is 12.6 Å². The zero-order valence-corrected chi connectivity index (χ0v) is 22.3. The third-order valence-corrected chi connectivity index (χ3v) is 7.14. The zero-order valence-electron chi connectivity index (χ0n) is 20.0. The summed E-state index contributed by atoms with van der Waals surface area (Å²) in [5.74, 6) is -0.691. The molecule has 0 aliphatic carbocycles. The van der Waals surface area contributed by atoms with Crippen LogP contribution in [0.1, 0.15) is 31.9 Å². The van der Waals surface area contributed by atoms with E-state index in [2.05, 4.69) is 5.32 Å². The van der Waals surface area contributed by atoms with Gasteiger partial charge in [-0.15, -0.1) is 0 Å². The maximum absolute atomic E-state index is 13.5. The molecule has 2 aromatic rings. The zero-order chi connectivity index (χ0) is 25.6. The minimum absolute atomic E-state index is 0.0566. The summed E-state index contributed by atoms with van der Waals surface area (Å²) in [6, 6.07) is 11.0. The minimum atomic E-state index is -3.79. The molecule has 0 radical (unpaired) electrons. The van der Waals surface area contributed by atoms with E-state index >= 15 is 0 Å². The molecule has 0 aliphatic rings. The molecule has 0 aromatic heterocycles. The second kappa shape index (κ2) is 11.9. The molecule has 0 saturated carbocycles. The Morgan fingerprint density at radius 2 is 1.59 bits per heavy atom. The lowest BCUT2D eigenvalue weighted by atomic mass is 10.1. The maximum atomic E-state index is 13.5.